The fraction of sp³-hybridized carbons (Fsp3) is 0.209. The van der Waals surface area contributed by atoms with Crippen molar-refractivity contribution in [2.75, 3.05) is 0 Å². The first-order valence-electron chi connectivity index (χ1n) is 16.3. The zero-order chi connectivity index (χ0) is 33.2. The van der Waals surface area contributed by atoms with Crippen molar-refractivity contribution < 1.29 is 20.1 Å². The van der Waals surface area contributed by atoms with Gasteiger partial charge in [-0.25, -0.2) is 0 Å². The molecule has 0 atom stereocenters. The quantitative estimate of drug-likeness (QED) is 0.127. The van der Waals surface area contributed by atoms with Crippen LogP contribution in [0.1, 0.15) is 31.9 Å². The van der Waals surface area contributed by atoms with E-state index in [9.17, 15) is 0 Å². The van der Waals surface area contributed by atoms with Crippen LogP contribution >= 0.6 is 11.3 Å². The third-order valence-corrected chi connectivity index (χ3v) is 11.5. The van der Waals surface area contributed by atoms with Crippen LogP contribution in [-0.2, 0) is 26.5 Å². The van der Waals surface area contributed by atoms with E-state index in [1.165, 1.54) is 47.6 Å². The Balaban J connectivity index is 0.000000224. The molecule has 0 aliphatic rings. The largest absolute Gasteiger partial charge is 0.305 e. The second kappa shape index (κ2) is 14.8. The Kier molecular flexibility index (Phi) is 11.0. The summed E-state index contributed by atoms with van der Waals surface area (Å²) >= 11 is 1.84. The summed E-state index contributed by atoms with van der Waals surface area (Å²) in [6.07, 6.45) is 4.99. The maximum absolute atomic E-state index is 4.71. The molecular weight excluding hydrogens is 797 g/mol. The molecule has 0 fully saturated rings. The molecule has 1 radical (unpaired) electrons. The van der Waals surface area contributed by atoms with Gasteiger partial charge in [0.25, 0.3) is 0 Å². The summed E-state index contributed by atoms with van der Waals surface area (Å²) in [7, 11) is -1.23. The predicted molar refractivity (Wildman–Crippen MR) is 206 cm³/mol. The number of rotatable bonds is 5. The van der Waals surface area contributed by atoms with Gasteiger partial charge in [0.2, 0.25) is 0 Å². The Labute approximate surface area is 304 Å². The molecule has 0 saturated heterocycles. The minimum atomic E-state index is -1.23. The summed E-state index contributed by atoms with van der Waals surface area (Å²) in [5, 5.41) is 3.98. The fourth-order valence-electron chi connectivity index (χ4n) is 5.74. The molecule has 0 saturated carbocycles. The number of pyridine rings is 2. The van der Waals surface area contributed by atoms with Gasteiger partial charge in [-0.15, -0.1) is 59.7 Å². The summed E-state index contributed by atoms with van der Waals surface area (Å²) in [5.74, 6) is 0. The first kappa shape index (κ1) is 35.6. The van der Waals surface area contributed by atoms with Crippen LogP contribution in [0.2, 0.25) is 19.6 Å². The summed E-state index contributed by atoms with van der Waals surface area (Å²) in [5.41, 5.74) is 9.55. The van der Waals surface area contributed by atoms with E-state index in [-0.39, 0.29) is 25.5 Å². The number of aromatic nitrogens is 2. The molecule has 4 aromatic carbocycles. The Morgan fingerprint density at radius 1 is 0.729 bits per heavy atom. The maximum Gasteiger partial charge on any atom is 0.0795 e. The molecule has 7 aromatic rings. The van der Waals surface area contributed by atoms with Crippen molar-refractivity contribution in [3.63, 3.8) is 0 Å². The zero-order valence-electron chi connectivity index (χ0n) is 28.8. The van der Waals surface area contributed by atoms with Crippen LogP contribution in [0.25, 0.3) is 53.8 Å². The number of hydrogen-bond acceptors (Lipinski definition) is 3. The maximum atomic E-state index is 4.71. The van der Waals surface area contributed by atoms with Gasteiger partial charge in [-0.2, -0.15) is 11.3 Å². The molecule has 0 bridgehead atoms. The second-order valence-corrected chi connectivity index (χ2v) is 20.6. The number of fused-ring (bicyclic) bond motifs is 3. The van der Waals surface area contributed by atoms with E-state index in [4.69, 9.17) is 4.98 Å². The van der Waals surface area contributed by atoms with Gasteiger partial charge < -0.3 is 9.97 Å². The molecule has 0 amide bonds. The van der Waals surface area contributed by atoms with Crippen LogP contribution in [-0.4, -0.2) is 18.0 Å². The molecule has 0 spiro atoms. The Bertz CT molecular complexity index is 2120. The average molecular weight is 839 g/mol. The first-order chi connectivity index (χ1) is 22.4. The van der Waals surface area contributed by atoms with E-state index in [1.54, 1.807) is 0 Å². The van der Waals surface area contributed by atoms with Crippen LogP contribution in [0.15, 0.2) is 116 Å². The molecule has 0 N–H and O–H groups in total. The van der Waals surface area contributed by atoms with Crippen LogP contribution in [0, 0.1) is 24.5 Å². The molecule has 3 heterocycles. The number of hydrogen-bond donors (Lipinski definition) is 0. The van der Waals surface area contributed by atoms with Gasteiger partial charge in [-0.05, 0) is 68.7 Å². The third-order valence-electron chi connectivity index (χ3n) is 8.25. The smallest absolute Gasteiger partial charge is 0.0795 e. The monoisotopic (exact) mass is 839 g/mol. The fourth-order valence-corrected chi connectivity index (χ4v) is 8.02. The predicted octanol–water partition coefficient (Wildman–Crippen LogP) is 11.6. The molecule has 0 unspecified atom stereocenters. The molecular formula is C43H42IrN2SSi-2. The molecule has 2 nitrogen and oxygen atoms in total. The van der Waals surface area contributed by atoms with Crippen molar-refractivity contribution in [3.8, 4) is 33.6 Å². The van der Waals surface area contributed by atoms with E-state index in [2.05, 4.69) is 137 Å². The van der Waals surface area contributed by atoms with E-state index < -0.39 is 8.07 Å². The Morgan fingerprint density at radius 2 is 1.50 bits per heavy atom. The summed E-state index contributed by atoms with van der Waals surface area (Å²) < 4.78 is 2.57. The van der Waals surface area contributed by atoms with Gasteiger partial charge >= 0.3 is 0 Å². The standard InChI is InChI=1S/C29H26NS.C14H16NSi.Ir/c1-19-8-10-21(11-9-19)22-12-13-23-24-6-5-7-25(28(24)31-27(23)17-22)26-16-20(14-15-30-26)18-29(2,3)4;1-16(2,3)13-9-10-14(15-11-13)12-7-5-4-6-8-12;/h5-6,8-17H,18H2,1-4H3;4-7,9-11H,1-3H3;/q2*-1;. The summed E-state index contributed by atoms with van der Waals surface area (Å²) in [4.78, 5) is 9.23. The minimum absolute atomic E-state index is 0. The van der Waals surface area contributed by atoms with Crippen LogP contribution in [0.4, 0.5) is 0 Å². The third kappa shape index (κ3) is 8.45. The van der Waals surface area contributed by atoms with Crippen molar-refractivity contribution in [2.45, 2.75) is 53.8 Å². The van der Waals surface area contributed by atoms with Crippen LogP contribution in [0.3, 0.4) is 0 Å². The number of thiophene rings is 1. The minimum Gasteiger partial charge on any atom is -0.305 e. The van der Waals surface area contributed by atoms with Gasteiger partial charge in [0.1, 0.15) is 0 Å². The van der Waals surface area contributed by atoms with Crippen LogP contribution in [0.5, 0.6) is 0 Å². The normalized spacial score (nSPS) is 11.6. The molecule has 0 aliphatic heterocycles. The molecule has 3 aromatic heterocycles. The van der Waals surface area contributed by atoms with E-state index in [0.29, 0.717) is 0 Å². The van der Waals surface area contributed by atoms with E-state index >= 15 is 0 Å². The number of benzene rings is 4. The summed E-state index contributed by atoms with van der Waals surface area (Å²) in [6, 6.07) is 43.1. The van der Waals surface area contributed by atoms with Crippen molar-refractivity contribution in [3.05, 3.63) is 139 Å². The molecule has 48 heavy (non-hydrogen) atoms. The molecule has 245 valence electrons. The van der Waals surface area contributed by atoms with Gasteiger partial charge in [0, 0.05) is 37.2 Å². The van der Waals surface area contributed by atoms with E-state index in [1.807, 2.05) is 54.1 Å². The Morgan fingerprint density at radius 3 is 2.17 bits per heavy atom. The number of nitrogens with zero attached hydrogens (tertiary/aromatic N) is 2. The SMILES string of the molecule is C[Si](C)(C)c1ccc(-c2[c-]cccc2)nc1.Cc1ccc(-c2ccc3c(c2)sc2c(-c4cc(CC(C)(C)C)ccn4)[c-]ccc23)cc1.[Ir]. The summed E-state index contributed by atoms with van der Waals surface area (Å²) in [6.45, 7) is 15.9. The Hall–Kier alpha value is -3.73. The van der Waals surface area contributed by atoms with Crippen LogP contribution < -0.4 is 5.19 Å². The van der Waals surface area contributed by atoms with Crippen molar-refractivity contribution >= 4 is 44.8 Å². The second-order valence-electron chi connectivity index (χ2n) is 14.5. The molecule has 5 heteroatoms. The van der Waals surface area contributed by atoms with Gasteiger partial charge in [-0.3, -0.25) is 0 Å². The average Bonchev–Trinajstić information content (AvgIpc) is 3.43. The van der Waals surface area contributed by atoms with Crippen molar-refractivity contribution in [1.29, 1.82) is 0 Å². The molecule has 0 aliphatic carbocycles. The van der Waals surface area contributed by atoms with Crippen molar-refractivity contribution in [1.82, 2.24) is 9.97 Å². The van der Waals surface area contributed by atoms with Gasteiger partial charge in [-0.1, -0.05) is 112 Å². The van der Waals surface area contributed by atoms with Crippen molar-refractivity contribution in [2.24, 2.45) is 5.41 Å². The van der Waals surface area contributed by atoms with Gasteiger partial charge in [0.05, 0.1) is 8.07 Å². The first-order valence-corrected chi connectivity index (χ1v) is 20.6. The molecule has 7 rings (SSSR count). The van der Waals surface area contributed by atoms with Gasteiger partial charge in [0.15, 0.2) is 0 Å². The van der Waals surface area contributed by atoms with E-state index in [0.717, 1.165) is 28.9 Å². The topological polar surface area (TPSA) is 25.8 Å². The number of aryl methyl sites for hydroxylation is 1. The zero-order valence-corrected chi connectivity index (χ0v) is 33.0.